The zero-order valence-corrected chi connectivity index (χ0v) is 10.2. The van der Waals surface area contributed by atoms with Crippen LogP contribution in [0.5, 0.6) is 11.5 Å². The number of benzene rings is 1. The molecule has 0 aliphatic rings. The lowest BCUT2D eigenvalue weighted by Gasteiger charge is -2.12. The molecule has 1 aromatic rings. The van der Waals surface area contributed by atoms with Gasteiger partial charge in [-0.3, -0.25) is 0 Å². The summed E-state index contributed by atoms with van der Waals surface area (Å²) in [7, 11) is 1.63. The second-order valence-electron chi connectivity index (χ2n) is 3.89. The number of hydrogen-bond acceptors (Lipinski definition) is 3. The predicted molar refractivity (Wildman–Crippen MR) is 64.2 cm³/mol. The van der Waals surface area contributed by atoms with E-state index in [9.17, 15) is 5.11 Å². The van der Waals surface area contributed by atoms with Crippen molar-refractivity contribution in [3.8, 4) is 11.5 Å². The van der Waals surface area contributed by atoms with Crippen LogP contribution in [0.1, 0.15) is 25.8 Å². The van der Waals surface area contributed by atoms with Gasteiger partial charge in [-0.15, -0.1) is 0 Å². The van der Waals surface area contributed by atoms with Crippen molar-refractivity contribution in [3.63, 3.8) is 0 Å². The summed E-state index contributed by atoms with van der Waals surface area (Å²) in [5.41, 5.74) is 1.06. The third kappa shape index (κ3) is 3.74. The number of rotatable bonds is 6. The lowest BCUT2D eigenvalue weighted by atomic mass is 10.1. The Kier molecular flexibility index (Phi) is 5.12. The standard InChI is InChI=1S/C13H20O3/c1-4-7-16-13-9-11(8-10(2)14)5-6-12(13)15-3/h5-6,9-10,14H,4,7-8H2,1-3H3. The van der Waals surface area contributed by atoms with Crippen molar-refractivity contribution in [1.29, 1.82) is 0 Å². The average molecular weight is 224 g/mol. The van der Waals surface area contributed by atoms with Gasteiger partial charge in [0.1, 0.15) is 0 Å². The molecule has 1 N–H and O–H groups in total. The van der Waals surface area contributed by atoms with Gasteiger partial charge in [0.05, 0.1) is 19.8 Å². The number of methoxy groups -OCH3 is 1. The Labute approximate surface area is 97.0 Å². The maximum Gasteiger partial charge on any atom is 0.161 e. The maximum absolute atomic E-state index is 9.33. The fraction of sp³-hybridized carbons (Fsp3) is 0.538. The van der Waals surface area contributed by atoms with E-state index >= 15 is 0 Å². The normalized spacial score (nSPS) is 12.2. The van der Waals surface area contributed by atoms with Gasteiger partial charge in [-0.1, -0.05) is 13.0 Å². The largest absolute Gasteiger partial charge is 0.493 e. The minimum absolute atomic E-state index is 0.340. The minimum Gasteiger partial charge on any atom is -0.493 e. The van der Waals surface area contributed by atoms with E-state index in [-0.39, 0.29) is 6.10 Å². The first kappa shape index (κ1) is 12.8. The second-order valence-corrected chi connectivity index (χ2v) is 3.89. The molecule has 1 unspecified atom stereocenters. The van der Waals surface area contributed by atoms with Crippen molar-refractivity contribution in [2.24, 2.45) is 0 Å². The van der Waals surface area contributed by atoms with Crippen LogP contribution in [0.4, 0.5) is 0 Å². The van der Waals surface area contributed by atoms with Crippen molar-refractivity contribution in [3.05, 3.63) is 23.8 Å². The molecule has 0 aromatic heterocycles. The van der Waals surface area contributed by atoms with Crippen LogP contribution < -0.4 is 9.47 Å². The van der Waals surface area contributed by atoms with Crippen LogP contribution in [-0.4, -0.2) is 24.9 Å². The third-order valence-electron chi connectivity index (χ3n) is 2.22. The van der Waals surface area contributed by atoms with Gasteiger partial charge in [-0.05, 0) is 37.5 Å². The summed E-state index contributed by atoms with van der Waals surface area (Å²) in [6, 6.07) is 5.76. The summed E-state index contributed by atoms with van der Waals surface area (Å²) in [4.78, 5) is 0. The van der Waals surface area contributed by atoms with Gasteiger partial charge >= 0.3 is 0 Å². The number of ether oxygens (including phenoxy) is 2. The van der Waals surface area contributed by atoms with Gasteiger partial charge in [-0.25, -0.2) is 0 Å². The molecule has 0 bridgehead atoms. The highest BCUT2D eigenvalue weighted by Gasteiger charge is 2.07. The molecule has 0 fully saturated rings. The van der Waals surface area contributed by atoms with E-state index in [1.54, 1.807) is 14.0 Å². The number of aliphatic hydroxyl groups is 1. The van der Waals surface area contributed by atoms with Gasteiger partial charge in [0.15, 0.2) is 11.5 Å². The zero-order valence-electron chi connectivity index (χ0n) is 10.2. The highest BCUT2D eigenvalue weighted by atomic mass is 16.5. The van der Waals surface area contributed by atoms with Crippen LogP contribution in [0, 0.1) is 0 Å². The molecule has 0 aliphatic carbocycles. The van der Waals surface area contributed by atoms with Crippen LogP contribution in [-0.2, 0) is 6.42 Å². The first-order chi connectivity index (χ1) is 7.67. The molecule has 16 heavy (non-hydrogen) atoms. The van der Waals surface area contributed by atoms with Gasteiger partial charge in [0.2, 0.25) is 0 Å². The van der Waals surface area contributed by atoms with Gasteiger partial charge in [-0.2, -0.15) is 0 Å². The zero-order chi connectivity index (χ0) is 12.0. The van der Waals surface area contributed by atoms with Crippen LogP contribution in [0.2, 0.25) is 0 Å². The van der Waals surface area contributed by atoms with Crippen molar-refractivity contribution in [2.45, 2.75) is 32.8 Å². The SMILES string of the molecule is CCCOc1cc(CC(C)O)ccc1OC. The molecule has 0 saturated heterocycles. The van der Waals surface area contributed by atoms with Crippen molar-refractivity contribution < 1.29 is 14.6 Å². The highest BCUT2D eigenvalue weighted by molar-refractivity contribution is 5.43. The Morgan fingerprint density at radius 2 is 2.06 bits per heavy atom. The molecule has 90 valence electrons. The van der Waals surface area contributed by atoms with E-state index in [1.807, 2.05) is 18.2 Å². The summed E-state index contributed by atoms with van der Waals surface area (Å²) in [5, 5.41) is 9.33. The summed E-state index contributed by atoms with van der Waals surface area (Å²) in [5.74, 6) is 1.49. The summed E-state index contributed by atoms with van der Waals surface area (Å²) >= 11 is 0. The fourth-order valence-corrected chi connectivity index (χ4v) is 1.51. The number of hydrogen-bond donors (Lipinski definition) is 1. The van der Waals surface area contributed by atoms with E-state index < -0.39 is 0 Å². The van der Waals surface area contributed by atoms with Crippen molar-refractivity contribution >= 4 is 0 Å². The highest BCUT2D eigenvalue weighted by Crippen LogP contribution is 2.28. The van der Waals surface area contributed by atoms with E-state index in [1.165, 1.54) is 0 Å². The smallest absolute Gasteiger partial charge is 0.161 e. The Bertz CT molecular complexity index is 321. The maximum atomic E-state index is 9.33. The molecular formula is C13H20O3. The van der Waals surface area contributed by atoms with Crippen LogP contribution in [0.3, 0.4) is 0 Å². The van der Waals surface area contributed by atoms with E-state index in [4.69, 9.17) is 9.47 Å². The number of aliphatic hydroxyl groups excluding tert-OH is 1. The van der Waals surface area contributed by atoms with Crippen LogP contribution in [0.25, 0.3) is 0 Å². The molecule has 0 spiro atoms. The predicted octanol–water partition coefficient (Wildman–Crippen LogP) is 2.41. The van der Waals surface area contributed by atoms with E-state index in [0.717, 1.165) is 23.5 Å². The lowest BCUT2D eigenvalue weighted by Crippen LogP contribution is -2.05. The molecule has 3 heteroatoms. The Morgan fingerprint density at radius 1 is 1.31 bits per heavy atom. The summed E-state index contributed by atoms with van der Waals surface area (Å²) < 4.78 is 10.8. The molecule has 1 rings (SSSR count). The average Bonchev–Trinajstić information content (AvgIpc) is 2.25. The molecule has 0 radical (unpaired) electrons. The first-order valence-electron chi connectivity index (χ1n) is 5.65. The Hall–Kier alpha value is -1.22. The Morgan fingerprint density at radius 3 is 2.62 bits per heavy atom. The molecule has 0 saturated carbocycles. The topological polar surface area (TPSA) is 38.7 Å². The quantitative estimate of drug-likeness (QED) is 0.806. The molecule has 1 atom stereocenters. The summed E-state index contributed by atoms with van der Waals surface area (Å²) in [6.07, 6.45) is 1.25. The second kappa shape index (κ2) is 6.38. The van der Waals surface area contributed by atoms with Crippen molar-refractivity contribution in [1.82, 2.24) is 0 Å². The molecule has 0 amide bonds. The minimum atomic E-state index is -0.340. The lowest BCUT2D eigenvalue weighted by molar-refractivity contribution is 0.195. The first-order valence-corrected chi connectivity index (χ1v) is 5.65. The van der Waals surface area contributed by atoms with E-state index in [0.29, 0.717) is 13.0 Å². The fourth-order valence-electron chi connectivity index (χ4n) is 1.51. The third-order valence-corrected chi connectivity index (χ3v) is 2.22. The van der Waals surface area contributed by atoms with Gasteiger partial charge in [0, 0.05) is 0 Å². The molecule has 0 aliphatic heterocycles. The summed E-state index contributed by atoms with van der Waals surface area (Å²) in [6.45, 7) is 4.51. The van der Waals surface area contributed by atoms with E-state index in [2.05, 4.69) is 6.92 Å². The van der Waals surface area contributed by atoms with Crippen molar-refractivity contribution in [2.75, 3.05) is 13.7 Å². The van der Waals surface area contributed by atoms with Crippen LogP contribution in [0.15, 0.2) is 18.2 Å². The molecule has 3 nitrogen and oxygen atoms in total. The van der Waals surface area contributed by atoms with Gasteiger partial charge < -0.3 is 14.6 Å². The Balaban J connectivity index is 2.83. The van der Waals surface area contributed by atoms with Gasteiger partial charge in [0.25, 0.3) is 0 Å². The van der Waals surface area contributed by atoms with Crippen LogP contribution >= 0.6 is 0 Å². The molecular weight excluding hydrogens is 204 g/mol. The molecule has 0 heterocycles. The molecule has 1 aromatic carbocycles. The monoisotopic (exact) mass is 224 g/mol.